The number of rotatable bonds is 6. The van der Waals surface area contributed by atoms with E-state index in [1.807, 2.05) is 42.5 Å². The van der Waals surface area contributed by atoms with Crippen molar-refractivity contribution < 1.29 is 18.7 Å². The number of furan rings is 1. The molecule has 0 saturated heterocycles. The normalized spacial score (nSPS) is 11.2. The van der Waals surface area contributed by atoms with E-state index in [1.54, 1.807) is 43.5 Å². The maximum absolute atomic E-state index is 13.1. The van der Waals surface area contributed by atoms with E-state index >= 15 is 0 Å². The molecule has 154 valence electrons. The highest BCUT2D eigenvalue weighted by molar-refractivity contribution is 6.13. The van der Waals surface area contributed by atoms with Gasteiger partial charge in [-0.05, 0) is 47.4 Å². The van der Waals surface area contributed by atoms with Crippen LogP contribution in [0.1, 0.15) is 16.1 Å². The van der Waals surface area contributed by atoms with Crippen LogP contribution >= 0.6 is 0 Å². The van der Waals surface area contributed by atoms with Gasteiger partial charge in [-0.3, -0.25) is 9.59 Å². The van der Waals surface area contributed by atoms with E-state index in [0.717, 1.165) is 16.3 Å². The monoisotopic (exact) mass is 412 g/mol. The SMILES string of the molecule is COc1ccc(/C=C(/NC(=O)c2ccco2)C(=O)Nc2cccc3ccccc23)cc1. The number of carbonyl (C=O) groups is 2. The topological polar surface area (TPSA) is 80.6 Å². The second-order valence-electron chi connectivity index (χ2n) is 6.74. The highest BCUT2D eigenvalue weighted by atomic mass is 16.5. The summed E-state index contributed by atoms with van der Waals surface area (Å²) in [6, 6.07) is 23.7. The first-order chi connectivity index (χ1) is 15.1. The number of ether oxygens (including phenoxy) is 1. The zero-order chi connectivity index (χ0) is 21.6. The van der Waals surface area contributed by atoms with Crippen LogP contribution in [0.25, 0.3) is 16.8 Å². The Balaban J connectivity index is 1.65. The van der Waals surface area contributed by atoms with Crippen LogP contribution in [-0.4, -0.2) is 18.9 Å². The summed E-state index contributed by atoms with van der Waals surface area (Å²) < 4.78 is 10.3. The molecule has 6 heteroatoms. The lowest BCUT2D eigenvalue weighted by atomic mass is 10.1. The lowest BCUT2D eigenvalue weighted by Gasteiger charge is -2.12. The molecule has 31 heavy (non-hydrogen) atoms. The number of fused-ring (bicyclic) bond motifs is 1. The predicted octanol–water partition coefficient (Wildman–Crippen LogP) is 4.85. The van der Waals surface area contributed by atoms with Crippen LogP contribution in [0, 0.1) is 0 Å². The van der Waals surface area contributed by atoms with Gasteiger partial charge < -0.3 is 19.8 Å². The van der Waals surface area contributed by atoms with Crippen molar-refractivity contribution in [2.75, 3.05) is 12.4 Å². The summed E-state index contributed by atoms with van der Waals surface area (Å²) in [5.74, 6) is -0.165. The van der Waals surface area contributed by atoms with Gasteiger partial charge in [-0.2, -0.15) is 0 Å². The van der Waals surface area contributed by atoms with Gasteiger partial charge in [-0.1, -0.05) is 48.5 Å². The number of methoxy groups -OCH3 is 1. The van der Waals surface area contributed by atoms with Crippen LogP contribution in [0.5, 0.6) is 5.75 Å². The Morgan fingerprint density at radius 3 is 2.42 bits per heavy atom. The van der Waals surface area contributed by atoms with Crippen molar-refractivity contribution in [1.82, 2.24) is 5.32 Å². The summed E-state index contributed by atoms with van der Waals surface area (Å²) in [6.07, 6.45) is 3.00. The molecule has 2 N–H and O–H groups in total. The van der Waals surface area contributed by atoms with Gasteiger partial charge in [-0.15, -0.1) is 0 Å². The second kappa shape index (κ2) is 9.00. The van der Waals surface area contributed by atoms with Gasteiger partial charge in [0.15, 0.2) is 5.76 Å². The molecule has 4 rings (SSSR count). The molecule has 0 unspecified atom stereocenters. The Kier molecular flexibility index (Phi) is 5.80. The van der Waals surface area contributed by atoms with E-state index in [0.29, 0.717) is 11.4 Å². The standard InChI is InChI=1S/C25H20N2O4/c1-30-19-13-11-17(12-14-19)16-22(27-25(29)23-10-5-15-31-23)24(28)26-21-9-4-7-18-6-2-3-8-20(18)21/h2-16H,1H3,(H,26,28)(H,27,29)/b22-16+. The zero-order valence-corrected chi connectivity index (χ0v) is 16.8. The smallest absolute Gasteiger partial charge is 0.291 e. The average Bonchev–Trinajstić information content (AvgIpc) is 3.34. The number of anilines is 1. The maximum atomic E-state index is 13.1. The Bertz CT molecular complexity index is 1240. The van der Waals surface area contributed by atoms with E-state index in [1.165, 1.54) is 12.3 Å². The lowest BCUT2D eigenvalue weighted by Crippen LogP contribution is -2.30. The fourth-order valence-corrected chi connectivity index (χ4v) is 3.14. The first-order valence-electron chi connectivity index (χ1n) is 9.64. The second-order valence-corrected chi connectivity index (χ2v) is 6.74. The van der Waals surface area contributed by atoms with Gasteiger partial charge in [0.2, 0.25) is 0 Å². The van der Waals surface area contributed by atoms with E-state index < -0.39 is 11.8 Å². The van der Waals surface area contributed by atoms with Gasteiger partial charge >= 0.3 is 0 Å². The highest BCUT2D eigenvalue weighted by Crippen LogP contribution is 2.23. The van der Waals surface area contributed by atoms with E-state index in [4.69, 9.17) is 9.15 Å². The number of benzene rings is 3. The Labute approximate surface area is 179 Å². The van der Waals surface area contributed by atoms with Crippen molar-refractivity contribution in [3.8, 4) is 5.75 Å². The fraction of sp³-hybridized carbons (Fsp3) is 0.0400. The molecular weight excluding hydrogens is 392 g/mol. The molecule has 6 nitrogen and oxygen atoms in total. The fourth-order valence-electron chi connectivity index (χ4n) is 3.14. The van der Waals surface area contributed by atoms with Crippen molar-refractivity contribution in [2.45, 2.75) is 0 Å². The molecule has 0 aliphatic rings. The first kappa shape index (κ1) is 20.0. The van der Waals surface area contributed by atoms with Crippen LogP contribution in [0.4, 0.5) is 5.69 Å². The Hall–Kier alpha value is -4.32. The Morgan fingerprint density at radius 1 is 0.903 bits per heavy atom. The minimum absolute atomic E-state index is 0.0829. The van der Waals surface area contributed by atoms with Crippen LogP contribution in [0.3, 0.4) is 0 Å². The van der Waals surface area contributed by atoms with Crippen molar-refractivity contribution in [3.05, 3.63) is 102 Å². The van der Waals surface area contributed by atoms with Crippen molar-refractivity contribution >= 4 is 34.4 Å². The third-order valence-corrected chi connectivity index (χ3v) is 4.70. The van der Waals surface area contributed by atoms with Crippen LogP contribution in [0.2, 0.25) is 0 Å². The zero-order valence-electron chi connectivity index (χ0n) is 16.8. The summed E-state index contributed by atoms with van der Waals surface area (Å²) >= 11 is 0. The van der Waals surface area contributed by atoms with Crippen LogP contribution in [-0.2, 0) is 4.79 Å². The van der Waals surface area contributed by atoms with Crippen LogP contribution < -0.4 is 15.4 Å². The molecule has 0 fully saturated rings. The number of carbonyl (C=O) groups excluding carboxylic acids is 2. The summed E-state index contributed by atoms with van der Waals surface area (Å²) in [6.45, 7) is 0. The van der Waals surface area contributed by atoms with Gasteiger partial charge in [0.1, 0.15) is 11.4 Å². The molecule has 0 saturated carbocycles. The molecule has 3 aromatic carbocycles. The lowest BCUT2D eigenvalue weighted by molar-refractivity contribution is -0.113. The van der Waals surface area contributed by atoms with E-state index in [9.17, 15) is 9.59 Å². The minimum atomic E-state index is -0.516. The van der Waals surface area contributed by atoms with Crippen molar-refractivity contribution in [1.29, 1.82) is 0 Å². The minimum Gasteiger partial charge on any atom is -0.497 e. The van der Waals surface area contributed by atoms with E-state index in [2.05, 4.69) is 10.6 Å². The largest absolute Gasteiger partial charge is 0.497 e. The number of hydrogen-bond donors (Lipinski definition) is 2. The molecule has 0 aliphatic carbocycles. The average molecular weight is 412 g/mol. The molecule has 0 spiro atoms. The summed E-state index contributed by atoms with van der Waals surface area (Å²) in [7, 11) is 1.58. The molecule has 0 bridgehead atoms. The number of nitrogens with one attached hydrogen (secondary N) is 2. The molecule has 0 atom stereocenters. The molecule has 1 aromatic heterocycles. The van der Waals surface area contributed by atoms with Gasteiger partial charge in [-0.25, -0.2) is 0 Å². The summed E-state index contributed by atoms with van der Waals surface area (Å²) in [4.78, 5) is 25.7. The molecule has 4 aromatic rings. The quantitative estimate of drug-likeness (QED) is 0.444. The van der Waals surface area contributed by atoms with Gasteiger partial charge in [0.25, 0.3) is 11.8 Å². The number of hydrogen-bond acceptors (Lipinski definition) is 4. The predicted molar refractivity (Wildman–Crippen MR) is 120 cm³/mol. The third kappa shape index (κ3) is 4.64. The van der Waals surface area contributed by atoms with E-state index in [-0.39, 0.29) is 11.5 Å². The molecule has 2 amide bonds. The highest BCUT2D eigenvalue weighted by Gasteiger charge is 2.17. The van der Waals surface area contributed by atoms with Gasteiger partial charge in [0, 0.05) is 11.1 Å². The Morgan fingerprint density at radius 2 is 1.68 bits per heavy atom. The third-order valence-electron chi connectivity index (χ3n) is 4.70. The maximum Gasteiger partial charge on any atom is 0.291 e. The molecular formula is C25H20N2O4. The molecule has 0 aliphatic heterocycles. The first-order valence-corrected chi connectivity index (χ1v) is 9.64. The van der Waals surface area contributed by atoms with Gasteiger partial charge in [0.05, 0.1) is 13.4 Å². The van der Waals surface area contributed by atoms with Crippen molar-refractivity contribution in [3.63, 3.8) is 0 Å². The summed E-state index contributed by atoms with van der Waals surface area (Å²) in [5.41, 5.74) is 1.46. The molecule has 0 radical (unpaired) electrons. The molecule has 1 heterocycles. The van der Waals surface area contributed by atoms with Crippen LogP contribution in [0.15, 0.2) is 95.2 Å². The summed E-state index contributed by atoms with van der Waals surface area (Å²) in [5, 5.41) is 7.45. The van der Waals surface area contributed by atoms with Crippen molar-refractivity contribution in [2.24, 2.45) is 0 Å². The number of amides is 2.